The quantitative estimate of drug-likeness (QED) is 0.823. The molecule has 0 N–H and O–H groups in total. The molecule has 7 nitrogen and oxygen atoms in total. The first-order valence-electron chi connectivity index (χ1n) is 8.76. The number of carbonyl (C=O) groups excluding carboxylic acids is 2. The molecule has 3 saturated heterocycles. The molecule has 3 fully saturated rings. The molecule has 2 amide bonds. The van der Waals surface area contributed by atoms with Gasteiger partial charge in [-0.1, -0.05) is 0 Å². The lowest BCUT2D eigenvalue weighted by atomic mass is 10.0. The van der Waals surface area contributed by atoms with E-state index in [1.165, 1.54) is 0 Å². The maximum absolute atomic E-state index is 12.8. The van der Waals surface area contributed by atoms with Crippen LogP contribution in [0.25, 0.3) is 0 Å². The van der Waals surface area contributed by atoms with Crippen LogP contribution in [0.5, 0.6) is 0 Å². The number of nitrogens with zero attached hydrogens (tertiary/aromatic N) is 4. The molecular weight excluding hydrogens is 308 g/mol. The van der Waals surface area contributed by atoms with E-state index in [2.05, 4.69) is 5.10 Å². The second-order valence-electron chi connectivity index (χ2n) is 7.05. The van der Waals surface area contributed by atoms with Crippen molar-refractivity contribution in [2.45, 2.75) is 57.8 Å². The first-order chi connectivity index (χ1) is 11.5. The van der Waals surface area contributed by atoms with Gasteiger partial charge in [0.2, 0.25) is 11.8 Å². The van der Waals surface area contributed by atoms with Gasteiger partial charge in [0.15, 0.2) is 5.72 Å². The topological polar surface area (TPSA) is 67.7 Å². The van der Waals surface area contributed by atoms with Crippen molar-refractivity contribution in [3.8, 4) is 0 Å². The summed E-state index contributed by atoms with van der Waals surface area (Å²) in [6.45, 7) is 6.63. The predicted molar refractivity (Wildman–Crippen MR) is 86.1 cm³/mol. The first kappa shape index (κ1) is 15.6. The molecule has 3 aliphatic rings. The summed E-state index contributed by atoms with van der Waals surface area (Å²) in [4.78, 5) is 28.8. The van der Waals surface area contributed by atoms with Crippen LogP contribution in [0.15, 0.2) is 6.07 Å². The van der Waals surface area contributed by atoms with Crippen molar-refractivity contribution in [2.24, 2.45) is 0 Å². The second-order valence-corrected chi connectivity index (χ2v) is 7.05. The molecule has 1 spiro atoms. The molecule has 0 aliphatic carbocycles. The number of likely N-dealkylation sites (tertiary alicyclic amines) is 1. The third-order valence-electron chi connectivity index (χ3n) is 5.57. The minimum atomic E-state index is -0.552. The fourth-order valence-corrected chi connectivity index (χ4v) is 4.49. The van der Waals surface area contributed by atoms with E-state index in [0.717, 1.165) is 30.8 Å². The number of amides is 2. The summed E-state index contributed by atoms with van der Waals surface area (Å²) in [7, 11) is 0. The number of ether oxygens (including phenoxy) is 1. The standard InChI is InChI=1S/C17H24N4O3/c1-12-10-13(2)21(18-12)7-4-15(22)19-8-5-17-14(19)11-16(23)20(17)6-3-9-24-17/h10,14H,3-9,11H2,1-2H3/t14-,17+/m1/s1. The van der Waals surface area contributed by atoms with Crippen LogP contribution >= 0.6 is 0 Å². The summed E-state index contributed by atoms with van der Waals surface area (Å²) in [5.74, 6) is 0.212. The molecule has 4 heterocycles. The van der Waals surface area contributed by atoms with Crippen molar-refractivity contribution in [3.05, 3.63) is 17.5 Å². The van der Waals surface area contributed by atoms with Gasteiger partial charge in [0.25, 0.3) is 0 Å². The van der Waals surface area contributed by atoms with Crippen LogP contribution in [0.1, 0.15) is 37.1 Å². The highest BCUT2D eigenvalue weighted by Crippen LogP contribution is 2.44. The molecule has 24 heavy (non-hydrogen) atoms. The minimum Gasteiger partial charge on any atom is -0.353 e. The number of aryl methyl sites for hydroxylation is 3. The number of rotatable bonds is 3. The number of hydrogen-bond donors (Lipinski definition) is 0. The Kier molecular flexibility index (Phi) is 3.63. The van der Waals surface area contributed by atoms with Crippen LogP contribution in [0, 0.1) is 13.8 Å². The first-order valence-corrected chi connectivity index (χ1v) is 8.76. The number of hydrogen-bond acceptors (Lipinski definition) is 4. The lowest BCUT2D eigenvalue weighted by molar-refractivity contribution is -0.181. The smallest absolute Gasteiger partial charge is 0.227 e. The molecule has 4 rings (SSSR count). The van der Waals surface area contributed by atoms with Gasteiger partial charge in [-0.15, -0.1) is 0 Å². The fraction of sp³-hybridized carbons (Fsp3) is 0.706. The summed E-state index contributed by atoms with van der Waals surface area (Å²) in [5, 5.41) is 4.41. The zero-order valence-electron chi connectivity index (χ0n) is 14.3. The van der Waals surface area contributed by atoms with Crippen molar-refractivity contribution in [1.29, 1.82) is 0 Å². The number of carbonyl (C=O) groups is 2. The van der Waals surface area contributed by atoms with Crippen LogP contribution in [0.4, 0.5) is 0 Å². The monoisotopic (exact) mass is 332 g/mol. The summed E-state index contributed by atoms with van der Waals surface area (Å²) < 4.78 is 7.92. The lowest BCUT2D eigenvalue weighted by Gasteiger charge is -2.42. The van der Waals surface area contributed by atoms with Crippen molar-refractivity contribution in [1.82, 2.24) is 19.6 Å². The normalized spacial score (nSPS) is 29.1. The van der Waals surface area contributed by atoms with Crippen LogP contribution in [0.3, 0.4) is 0 Å². The van der Waals surface area contributed by atoms with E-state index in [4.69, 9.17) is 4.74 Å². The highest BCUT2D eigenvalue weighted by atomic mass is 16.5. The average molecular weight is 332 g/mol. The Bertz CT molecular complexity index is 685. The molecule has 2 atom stereocenters. The van der Waals surface area contributed by atoms with E-state index in [0.29, 0.717) is 32.5 Å². The largest absolute Gasteiger partial charge is 0.353 e. The Hall–Kier alpha value is -1.89. The third kappa shape index (κ3) is 2.25. The van der Waals surface area contributed by atoms with Gasteiger partial charge in [-0.3, -0.25) is 14.3 Å². The second kappa shape index (κ2) is 5.58. The van der Waals surface area contributed by atoms with Gasteiger partial charge in [-0.05, 0) is 26.3 Å². The highest BCUT2D eigenvalue weighted by Gasteiger charge is 2.61. The Morgan fingerprint density at radius 3 is 3.00 bits per heavy atom. The zero-order chi connectivity index (χ0) is 16.9. The van der Waals surface area contributed by atoms with Crippen LogP contribution in [0.2, 0.25) is 0 Å². The molecule has 1 aromatic rings. The fourth-order valence-electron chi connectivity index (χ4n) is 4.49. The molecule has 0 saturated carbocycles. The van der Waals surface area contributed by atoms with Gasteiger partial charge in [0.05, 0.1) is 24.8 Å². The summed E-state index contributed by atoms with van der Waals surface area (Å²) >= 11 is 0. The van der Waals surface area contributed by atoms with E-state index >= 15 is 0 Å². The Labute approximate surface area is 141 Å². The van der Waals surface area contributed by atoms with Crippen LogP contribution in [-0.4, -0.2) is 62.9 Å². The van der Waals surface area contributed by atoms with Gasteiger partial charge < -0.3 is 14.5 Å². The highest BCUT2D eigenvalue weighted by molar-refractivity contribution is 5.84. The molecule has 0 aromatic carbocycles. The molecule has 0 bridgehead atoms. The van der Waals surface area contributed by atoms with E-state index in [-0.39, 0.29) is 17.9 Å². The summed E-state index contributed by atoms with van der Waals surface area (Å²) in [5.41, 5.74) is 1.48. The van der Waals surface area contributed by atoms with Crippen molar-refractivity contribution >= 4 is 11.8 Å². The third-order valence-corrected chi connectivity index (χ3v) is 5.57. The van der Waals surface area contributed by atoms with Crippen molar-refractivity contribution in [2.75, 3.05) is 19.7 Å². The Morgan fingerprint density at radius 1 is 1.42 bits per heavy atom. The molecule has 3 aliphatic heterocycles. The van der Waals surface area contributed by atoms with E-state index in [1.807, 2.05) is 34.4 Å². The van der Waals surface area contributed by atoms with Gasteiger partial charge in [-0.2, -0.15) is 5.10 Å². The molecule has 0 radical (unpaired) electrons. The number of aromatic nitrogens is 2. The summed E-state index contributed by atoms with van der Waals surface area (Å²) in [6.07, 6.45) is 2.41. The van der Waals surface area contributed by atoms with Crippen LogP contribution in [-0.2, 0) is 20.9 Å². The van der Waals surface area contributed by atoms with Gasteiger partial charge in [0.1, 0.15) is 0 Å². The minimum absolute atomic E-state index is 0.0910. The van der Waals surface area contributed by atoms with Gasteiger partial charge in [0, 0.05) is 38.2 Å². The van der Waals surface area contributed by atoms with E-state index in [1.54, 1.807) is 0 Å². The maximum Gasteiger partial charge on any atom is 0.227 e. The van der Waals surface area contributed by atoms with E-state index in [9.17, 15) is 9.59 Å². The summed E-state index contributed by atoms with van der Waals surface area (Å²) in [6, 6.07) is 1.89. The van der Waals surface area contributed by atoms with Crippen LogP contribution < -0.4 is 0 Å². The molecule has 1 aromatic heterocycles. The Balaban J connectivity index is 1.46. The maximum atomic E-state index is 12.8. The molecule has 0 unspecified atom stereocenters. The zero-order valence-corrected chi connectivity index (χ0v) is 14.3. The molecule has 7 heteroatoms. The van der Waals surface area contributed by atoms with Gasteiger partial charge in [-0.25, -0.2) is 0 Å². The van der Waals surface area contributed by atoms with Gasteiger partial charge >= 0.3 is 0 Å². The van der Waals surface area contributed by atoms with Crippen molar-refractivity contribution < 1.29 is 14.3 Å². The van der Waals surface area contributed by atoms with Crippen molar-refractivity contribution in [3.63, 3.8) is 0 Å². The molecule has 130 valence electrons. The van der Waals surface area contributed by atoms with E-state index < -0.39 is 5.72 Å². The SMILES string of the molecule is Cc1cc(C)n(CCC(=O)N2CC[C@@]34OCCCN3C(=O)C[C@@H]24)n1. The predicted octanol–water partition coefficient (Wildman–Crippen LogP) is 0.840. The average Bonchev–Trinajstić information content (AvgIpc) is 3.15. The molecular formula is C17H24N4O3. The lowest BCUT2D eigenvalue weighted by Crippen LogP contribution is -2.56. The Morgan fingerprint density at radius 2 is 2.25 bits per heavy atom.